The SMILES string of the molecule is COc1cc2c(cc1OC)[C@@H]1[C@@H](C)C(=O)C(C)CN1CC2. The number of benzene rings is 1. The van der Waals surface area contributed by atoms with Crippen molar-refractivity contribution in [3.05, 3.63) is 23.3 Å². The van der Waals surface area contributed by atoms with Crippen LogP contribution in [0.15, 0.2) is 12.1 Å². The molecule has 0 saturated carbocycles. The van der Waals surface area contributed by atoms with Gasteiger partial charge in [-0.05, 0) is 29.7 Å². The summed E-state index contributed by atoms with van der Waals surface area (Å²) in [5, 5.41) is 0. The normalized spacial score (nSPS) is 28.8. The maximum atomic E-state index is 12.4. The van der Waals surface area contributed by atoms with E-state index in [-0.39, 0.29) is 17.9 Å². The molecule has 21 heavy (non-hydrogen) atoms. The van der Waals surface area contributed by atoms with E-state index in [2.05, 4.69) is 24.0 Å². The highest BCUT2D eigenvalue weighted by atomic mass is 16.5. The van der Waals surface area contributed by atoms with Crippen LogP contribution in [0.25, 0.3) is 0 Å². The first kappa shape index (κ1) is 14.4. The number of Topliss-reactive ketones (excluding diaryl/α,β-unsaturated/α-hetero) is 1. The molecule has 2 aliphatic heterocycles. The minimum absolute atomic E-state index is 0.0332. The van der Waals surface area contributed by atoms with Crippen molar-refractivity contribution in [3.63, 3.8) is 0 Å². The molecule has 1 saturated heterocycles. The summed E-state index contributed by atoms with van der Waals surface area (Å²) in [5.74, 6) is 2.06. The lowest BCUT2D eigenvalue weighted by atomic mass is 9.77. The molecule has 114 valence electrons. The molecule has 0 bridgehead atoms. The lowest BCUT2D eigenvalue weighted by Crippen LogP contribution is -2.49. The molecule has 1 unspecified atom stereocenters. The molecule has 3 rings (SSSR count). The minimum Gasteiger partial charge on any atom is -0.493 e. The number of ketones is 1. The van der Waals surface area contributed by atoms with Crippen LogP contribution in [0.4, 0.5) is 0 Å². The summed E-state index contributed by atoms with van der Waals surface area (Å²) in [4.78, 5) is 14.8. The Labute approximate surface area is 126 Å². The summed E-state index contributed by atoms with van der Waals surface area (Å²) >= 11 is 0. The average molecular weight is 289 g/mol. The maximum absolute atomic E-state index is 12.4. The van der Waals surface area contributed by atoms with Gasteiger partial charge < -0.3 is 9.47 Å². The van der Waals surface area contributed by atoms with E-state index in [1.165, 1.54) is 11.1 Å². The van der Waals surface area contributed by atoms with E-state index >= 15 is 0 Å². The third-order valence-corrected chi connectivity index (χ3v) is 4.94. The summed E-state index contributed by atoms with van der Waals surface area (Å²) in [6.07, 6.45) is 1.000. The Kier molecular flexibility index (Phi) is 3.66. The van der Waals surface area contributed by atoms with Crippen molar-refractivity contribution < 1.29 is 14.3 Å². The van der Waals surface area contributed by atoms with Gasteiger partial charge in [0.05, 0.1) is 14.2 Å². The van der Waals surface area contributed by atoms with Gasteiger partial charge in [-0.2, -0.15) is 0 Å². The van der Waals surface area contributed by atoms with Gasteiger partial charge in [-0.1, -0.05) is 13.8 Å². The Bertz CT molecular complexity index is 569. The smallest absolute Gasteiger partial charge is 0.161 e. The first-order chi connectivity index (χ1) is 10.1. The predicted octanol–water partition coefficient (Wildman–Crippen LogP) is 2.46. The van der Waals surface area contributed by atoms with Crippen molar-refractivity contribution in [2.45, 2.75) is 26.3 Å². The molecule has 1 aromatic carbocycles. The molecule has 1 fully saturated rings. The summed E-state index contributed by atoms with van der Waals surface area (Å²) in [6.45, 7) is 5.97. The molecule has 1 aromatic rings. The molecule has 0 aliphatic carbocycles. The van der Waals surface area contributed by atoms with Crippen LogP contribution in [-0.4, -0.2) is 38.0 Å². The van der Waals surface area contributed by atoms with Crippen molar-refractivity contribution in [2.75, 3.05) is 27.3 Å². The number of methoxy groups -OCH3 is 2. The third kappa shape index (κ3) is 2.22. The van der Waals surface area contributed by atoms with Crippen LogP contribution in [0.3, 0.4) is 0 Å². The standard InChI is InChI=1S/C17H23NO3/c1-10-9-18-6-5-12-7-14(20-3)15(21-4)8-13(12)16(18)11(2)17(10)19/h7-8,10-11,16H,5-6,9H2,1-4H3/t10?,11-,16+/m1/s1. The van der Waals surface area contributed by atoms with E-state index in [0.29, 0.717) is 5.78 Å². The largest absolute Gasteiger partial charge is 0.493 e. The zero-order chi connectivity index (χ0) is 15.1. The van der Waals surface area contributed by atoms with E-state index < -0.39 is 0 Å². The van der Waals surface area contributed by atoms with Gasteiger partial charge in [0.2, 0.25) is 0 Å². The first-order valence-corrected chi connectivity index (χ1v) is 7.59. The number of hydrogen-bond acceptors (Lipinski definition) is 4. The van der Waals surface area contributed by atoms with E-state index in [1.54, 1.807) is 14.2 Å². The number of piperidine rings is 1. The highest BCUT2D eigenvalue weighted by molar-refractivity contribution is 5.85. The van der Waals surface area contributed by atoms with Gasteiger partial charge in [0.15, 0.2) is 11.5 Å². The fraction of sp³-hybridized carbons (Fsp3) is 0.588. The topological polar surface area (TPSA) is 38.8 Å². The number of carbonyl (C=O) groups is 1. The number of fused-ring (bicyclic) bond motifs is 3. The van der Waals surface area contributed by atoms with Gasteiger partial charge in [0, 0.05) is 31.0 Å². The van der Waals surface area contributed by atoms with Crippen LogP contribution >= 0.6 is 0 Å². The number of nitrogens with zero attached hydrogens (tertiary/aromatic N) is 1. The number of hydrogen-bond donors (Lipinski definition) is 0. The molecule has 2 aliphatic rings. The second-order valence-electron chi connectivity index (χ2n) is 6.19. The number of carbonyl (C=O) groups excluding carboxylic acids is 1. The van der Waals surface area contributed by atoms with Crippen LogP contribution in [-0.2, 0) is 11.2 Å². The van der Waals surface area contributed by atoms with E-state index in [0.717, 1.165) is 31.0 Å². The molecule has 4 heteroatoms. The molecular weight excluding hydrogens is 266 g/mol. The minimum atomic E-state index is 0.0332. The van der Waals surface area contributed by atoms with E-state index in [4.69, 9.17) is 9.47 Å². The fourth-order valence-electron chi connectivity index (χ4n) is 3.87. The van der Waals surface area contributed by atoms with E-state index in [9.17, 15) is 4.79 Å². The quantitative estimate of drug-likeness (QED) is 0.838. The Hall–Kier alpha value is -1.55. The van der Waals surface area contributed by atoms with Crippen LogP contribution in [0.1, 0.15) is 31.0 Å². The summed E-state index contributed by atoms with van der Waals surface area (Å²) < 4.78 is 10.8. The number of rotatable bonds is 2. The fourth-order valence-corrected chi connectivity index (χ4v) is 3.87. The lowest BCUT2D eigenvalue weighted by molar-refractivity contribution is -0.133. The van der Waals surface area contributed by atoms with Crippen LogP contribution in [0, 0.1) is 11.8 Å². The maximum Gasteiger partial charge on any atom is 0.161 e. The van der Waals surface area contributed by atoms with Gasteiger partial charge in [-0.3, -0.25) is 9.69 Å². The lowest BCUT2D eigenvalue weighted by Gasteiger charge is -2.45. The summed E-state index contributed by atoms with van der Waals surface area (Å²) in [5.41, 5.74) is 2.51. The van der Waals surface area contributed by atoms with Gasteiger partial charge in [0.25, 0.3) is 0 Å². The summed E-state index contributed by atoms with van der Waals surface area (Å²) in [7, 11) is 3.32. The second-order valence-corrected chi connectivity index (χ2v) is 6.19. The molecule has 0 spiro atoms. The Morgan fingerprint density at radius 3 is 2.48 bits per heavy atom. The van der Waals surface area contributed by atoms with Crippen molar-refractivity contribution in [1.82, 2.24) is 4.90 Å². The number of ether oxygens (including phenoxy) is 2. The van der Waals surface area contributed by atoms with Gasteiger partial charge in [-0.25, -0.2) is 0 Å². The van der Waals surface area contributed by atoms with Crippen molar-refractivity contribution in [1.29, 1.82) is 0 Å². The second kappa shape index (κ2) is 5.34. The zero-order valence-corrected chi connectivity index (χ0v) is 13.2. The molecule has 3 atom stereocenters. The molecule has 0 radical (unpaired) electrons. The highest BCUT2D eigenvalue weighted by Gasteiger charge is 2.41. The van der Waals surface area contributed by atoms with Crippen LogP contribution < -0.4 is 9.47 Å². The Morgan fingerprint density at radius 1 is 1.14 bits per heavy atom. The highest BCUT2D eigenvalue weighted by Crippen LogP contribution is 2.43. The molecule has 2 heterocycles. The zero-order valence-electron chi connectivity index (χ0n) is 13.2. The molecule has 0 N–H and O–H groups in total. The summed E-state index contributed by atoms with van der Waals surface area (Å²) in [6, 6.07) is 4.31. The third-order valence-electron chi connectivity index (χ3n) is 4.94. The average Bonchev–Trinajstić information content (AvgIpc) is 2.50. The first-order valence-electron chi connectivity index (χ1n) is 7.59. The van der Waals surface area contributed by atoms with Gasteiger partial charge >= 0.3 is 0 Å². The molecule has 0 aromatic heterocycles. The van der Waals surface area contributed by atoms with Crippen LogP contribution in [0.2, 0.25) is 0 Å². The van der Waals surface area contributed by atoms with Crippen molar-refractivity contribution >= 4 is 5.78 Å². The van der Waals surface area contributed by atoms with Crippen LogP contribution in [0.5, 0.6) is 11.5 Å². The van der Waals surface area contributed by atoms with Gasteiger partial charge in [-0.15, -0.1) is 0 Å². The van der Waals surface area contributed by atoms with Crippen molar-refractivity contribution in [3.8, 4) is 11.5 Å². The monoisotopic (exact) mass is 289 g/mol. The van der Waals surface area contributed by atoms with Crippen molar-refractivity contribution in [2.24, 2.45) is 11.8 Å². The predicted molar refractivity (Wildman–Crippen MR) is 80.9 cm³/mol. The van der Waals surface area contributed by atoms with Gasteiger partial charge in [0.1, 0.15) is 5.78 Å². The molecular formula is C17H23NO3. The molecule has 4 nitrogen and oxygen atoms in total. The Balaban J connectivity index is 2.06. The Morgan fingerprint density at radius 2 is 1.81 bits per heavy atom. The molecule has 0 amide bonds. The van der Waals surface area contributed by atoms with E-state index in [1.807, 2.05) is 6.92 Å².